The number of hydrogen-bond acceptors (Lipinski definition) is 4. The number of aromatic nitrogens is 1. The summed E-state index contributed by atoms with van der Waals surface area (Å²) in [5.41, 5.74) is 0.841. The number of pyridine rings is 1. The topological polar surface area (TPSA) is 59.1 Å². The lowest BCUT2D eigenvalue weighted by molar-refractivity contribution is 0.559. The molecular weight excluding hydrogens is 224 g/mol. The summed E-state index contributed by atoms with van der Waals surface area (Å²) in [4.78, 5) is 3.91. The molecule has 1 aromatic heterocycles. The van der Waals surface area contributed by atoms with Crippen molar-refractivity contribution in [3.63, 3.8) is 0 Å². The summed E-state index contributed by atoms with van der Waals surface area (Å²) in [6.07, 6.45) is 2.70. The average Bonchev–Trinajstić information content (AvgIpc) is 2.17. The van der Waals surface area contributed by atoms with Gasteiger partial charge in [0, 0.05) is 12.3 Å². The number of hydrogen-bond donors (Lipinski definition) is 1. The maximum Gasteiger partial charge on any atom is 0.192 e. The molecule has 1 N–H and O–H groups in total. The zero-order valence-electron chi connectivity index (χ0n) is 10.1. The van der Waals surface area contributed by atoms with E-state index in [-0.39, 0.29) is 5.03 Å². The molecular formula is C11H18N2O2S. The van der Waals surface area contributed by atoms with Gasteiger partial charge in [-0.3, -0.25) is 0 Å². The predicted octanol–water partition coefficient (Wildman–Crippen LogP) is 1.94. The SMILES string of the molecule is CC(C)C(C)Nc1ccc(S(C)(=O)=O)nc1. The summed E-state index contributed by atoms with van der Waals surface area (Å²) < 4.78 is 22.4. The monoisotopic (exact) mass is 242 g/mol. The molecule has 0 spiro atoms. The summed E-state index contributed by atoms with van der Waals surface area (Å²) in [5, 5.41) is 3.37. The van der Waals surface area contributed by atoms with E-state index < -0.39 is 9.84 Å². The molecule has 0 aliphatic heterocycles. The second-order valence-electron chi connectivity index (χ2n) is 4.33. The van der Waals surface area contributed by atoms with Gasteiger partial charge < -0.3 is 5.32 Å². The highest BCUT2D eigenvalue weighted by Gasteiger charge is 2.10. The molecule has 0 fully saturated rings. The minimum absolute atomic E-state index is 0.107. The fraction of sp³-hybridized carbons (Fsp3) is 0.545. The van der Waals surface area contributed by atoms with E-state index in [9.17, 15) is 8.42 Å². The Bertz CT molecular complexity index is 438. The van der Waals surface area contributed by atoms with E-state index in [0.717, 1.165) is 11.9 Å². The maximum absolute atomic E-state index is 11.2. The van der Waals surface area contributed by atoms with Crippen LogP contribution in [-0.2, 0) is 9.84 Å². The van der Waals surface area contributed by atoms with Gasteiger partial charge in [-0.05, 0) is 25.0 Å². The molecule has 90 valence electrons. The van der Waals surface area contributed by atoms with Crippen molar-refractivity contribution in [2.75, 3.05) is 11.6 Å². The molecule has 16 heavy (non-hydrogen) atoms. The van der Waals surface area contributed by atoms with Crippen LogP contribution < -0.4 is 5.32 Å². The van der Waals surface area contributed by atoms with Gasteiger partial charge in [-0.15, -0.1) is 0 Å². The van der Waals surface area contributed by atoms with Crippen molar-refractivity contribution in [2.24, 2.45) is 5.92 Å². The molecule has 1 unspecified atom stereocenters. The van der Waals surface area contributed by atoms with Crippen LogP contribution in [0, 0.1) is 5.92 Å². The minimum Gasteiger partial charge on any atom is -0.381 e. The van der Waals surface area contributed by atoms with Crippen molar-refractivity contribution in [3.05, 3.63) is 18.3 Å². The number of anilines is 1. The Kier molecular flexibility index (Phi) is 3.91. The van der Waals surface area contributed by atoms with Crippen molar-refractivity contribution < 1.29 is 8.42 Å². The van der Waals surface area contributed by atoms with Crippen molar-refractivity contribution in [1.29, 1.82) is 0 Å². The van der Waals surface area contributed by atoms with Crippen LogP contribution in [0.2, 0.25) is 0 Å². The lowest BCUT2D eigenvalue weighted by Crippen LogP contribution is -2.21. The summed E-state index contributed by atoms with van der Waals surface area (Å²) in [6, 6.07) is 3.58. The molecule has 0 aliphatic rings. The van der Waals surface area contributed by atoms with E-state index in [1.165, 1.54) is 6.07 Å². The van der Waals surface area contributed by atoms with Crippen molar-refractivity contribution in [1.82, 2.24) is 4.98 Å². The fourth-order valence-electron chi connectivity index (χ4n) is 1.11. The van der Waals surface area contributed by atoms with E-state index in [2.05, 4.69) is 31.1 Å². The third-order valence-corrected chi connectivity index (χ3v) is 3.51. The molecule has 0 bridgehead atoms. The van der Waals surface area contributed by atoms with Gasteiger partial charge in [-0.2, -0.15) is 0 Å². The fourth-order valence-corrected chi connectivity index (χ4v) is 1.67. The zero-order valence-corrected chi connectivity index (χ0v) is 10.9. The Balaban J connectivity index is 2.80. The second-order valence-corrected chi connectivity index (χ2v) is 6.30. The van der Waals surface area contributed by atoms with Crippen LogP contribution in [0.1, 0.15) is 20.8 Å². The smallest absolute Gasteiger partial charge is 0.192 e. The molecule has 0 amide bonds. The third kappa shape index (κ3) is 3.48. The highest BCUT2D eigenvalue weighted by molar-refractivity contribution is 7.90. The summed E-state index contributed by atoms with van der Waals surface area (Å²) in [5.74, 6) is 0.509. The number of nitrogens with zero attached hydrogens (tertiary/aromatic N) is 1. The highest BCUT2D eigenvalue weighted by Crippen LogP contribution is 2.13. The van der Waals surface area contributed by atoms with Crippen molar-refractivity contribution in [3.8, 4) is 0 Å². The third-order valence-electron chi connectivity index (χ3n) is 2.51. The zero-order chi connectivity index (χ0) is 12.3. The van der Waals surface area contributed by atoms with Gasteiger partial charge >= 0.3 is 0 Å². The molecule has 0 radical (unpaired) electrons. The van der Waals surface area contributed by atoms with E-state index in [4.69, 9.17) is 0 Å². The van der Waals surface area contributed by atoms with Crippen LogP contribution in [-0.4, -0.2) is 25.7 Å². The number of rotatable bonds is 4. The number of sulfone groups is 1. The predicted molar refractivity (Wildman–Crippen MR) is 65.3 cm³/mol. The van der Waals surface area contributed by atoms with Gasteiger partial charge in [0.05, 0.1) is 11.9 Å². The molecule has 4 nitrogen and oxygen atoms in total. The molecule has 0 saturated carbocycles. The molecule has 5 heteroatoms. The lowest BCUT2D eigenvalue weighted by atomic mass is 10.1. The van der Waals surface area contributed by atoms with Gasteiger partial charge in [0.25, 0.3) is 0 Å². The second kappa shape index (κ2) is 4.82. The molecule has 0 aliphatic carbocycles. The van der Waals surface area contributed by atoms with E-state index in [0.29, 0.717) is 12.0 Å². The first-order chi connectivity index (χ1) is 7.30. The maximum atomic E-state index is 11.2. The van der Waals surface area contributed by atoms with Crippen LogP contribution >= 0.6 is 0 Å². The van der Waals surface area contributed by atoms with E-state index in [1.807, 2.05) is 0 Å². The van der Waals surface area contributed by atoms with Gasteiger partial charge in [-0.25, -0.2) is 13.4 Å². The van der Waals surface area contributed by atoms with Crippen LogP contribution in [0.5, 0.6) is 0 Å². The summed E-state index contributed by atoms with van der Waals surface area (Å²) in [7, 11) is -3.20. The standard InChI is InChI=1S/C11H18N2O2S/c1-8(2)9(3)13-10-5-6-11(12-7-10)16(4,14)15/h5-9,13H,1-4H3. The molecule has 0 aromatic carbocycles. The summed E-state index contributed by atoms with van der Waals surface area (Å²) >= 11 is 0. The Hall–Kier alpha value is -1.10. The van der Waals surface area contributed by atoms with Gasteiger partial charge in [0.2, 0.25) is 0 Å². The molecule has 1 heterocycles. The first-order valence-electron chi connectivity index (χ1n) is 5.23. The highest BCUT2D eigenvalue weighted by atomic mass is 32.2. The largest absolute Gasteiger partial charge is 0.381 e. The van der Waals surface area contributed by atoms with Crippen molar-refractivity contribution in [2.45, 2.75) is 31.8 Å². The van der Waals surface area contributed by atoms with Crippen LogP contribution in [0.15, 0.2) is 23.4 Å². The van der Waals surface area contributed by atoms with Gasteiger partial charge in [0.1, 0.15) is 0 Å². The van der Waals surface area contributed by atoms with Crippen LogP contribution in [0.4, 0.5) is 5.69 Å². The molecule has 1 rings (SSSR count). The minimum atomic E-state index is -3.20. The van der Waals surface area contributed by atoms with Gasteiger partial charge in [0.15, 0.2) is 14.9 Å². The Morgan fingerprint density at radius 3 is 2.25 bits per heavy atom. The van der Waals surface area contributed by atoms with Gasteiger partial charge in [-0.1, -0.05) is 13.8 Å². The first kappa shape index (κ1) is 13.0. The van der Waals surface area contributed by atoms with E-state index >= 15 is 0 Å². The Morgan fingerprint density at radius 2 is 1.88 bits per heavy atom. The van der Waals surface area contributed by atoms with E-state index in [1.54, 1.807) is 12.3 Å². The first-order valence-corrected chi connectivity index (χ1v) is 7.12. The molecule has 0 saturated heterocycles. The van der Waals surface area contributed by atoms with Crippen LogP contribution in [0.25, 0.3) is 0 Å². The van der Waals surface area contributed by atoms with Crippen molar-refractivity contribution >= 4 is 15.5 Å². The normalized spacial score (nSPS) is 13.8. The number of nitrogens with one attached hydrogen (secondary N) is 1. The Labute approximate surface area is 97.0 Å². The molecule has 1 atom stereocenters. The van der Waals surface area contributed by atoms with Crippen LogP contribution in [0.3, 0.4) is 0 Å². The summed E-state index contributed by atoms with van der Waals surface area (Å²) in [6.45, 7) is 6.32. The molecule has 1 aromatic rings. The Morgan fingerprint density at radius 1 is 1.25 bits per heavy atom. The average molecular weight is 242 g/mol. The lowest BCUT2D eigenvalue weighted by Gasteiger charge is -2.18. The quantitative estimate of drug-likeness (QED) is 0.876.